The van der Waals surface area contributed by atoms with Gasteiger partial charge in [0.1, 0.15) is 0 Å². The van der Waals surface area contributed by atoms with Crippen LogP contribution in [-0.4, -0.2) is 41.1 Å². The molecule has 2 heterocycles. The van der Waals surface area contributed by atoms with E-state index in [4.69, 9.17) is 5.73 Å². The molecule has 6 nitrogen and oxygen atoms in total. The smallest absolute Gasteiger partial charge is 0.231 e. The molecule has 1 saturated carbocycles. The van der Waals surface area contributed by atoms with E-state index in [0.29, 0.717) is 5.95 Å². The molecule has 0 radical (unpaired) electrons. The van der Waals surface area contributed by atoms with Gasteiger partial charge < -0.3 is 15.5 Å². The number of aromatic nitrogens is 3. The highest BCUT2D eigenvalue weighted by Crippen LogP contribution is 2.31. The predicted molar refractivity (Wildman–Crippen MR) is 80.9 cm³/mol. The molecule has 1 saturated heterocycles. The van der Waals surface area contributed by atoms with Crippen molar-refractivity contribution in [3.8, 4) is 0 Å². The molecule has 0 amide bonds. The topological polar surface area (TPSA) is 71.2 Å². The lowest BCUT2D eigenvalue weighted by atomic mass is 10.3. The summed E-state index contributed by atoms with van der Waals surface area (Å²) in [6, 6.07) is 0. The first-order valence-corrected chi connectivity index (χ1v) is 7.77. The number of hydrogen-bond donors (Lipinski definition) is 1. The Kier molecular flexibility index (Phi) is 3.89. The molecule has 0 unspecified atom stereocenters. The molecular weight excluding hydrogens is 252 g/mol. The zero-order chi connectivity index (χ0) is 13.9. The Morgan fingerprint density at radius 1 is 1.20 bits per heavy atom. The molecular formula is C14H24N6. The van der Waals surface area contributed by atoms with E-state index in [9.17, 15) is 0 Å². The molecule has 20 heavy (non-hydrogen) atoms. The van der Waals surface area contributed by atoms with Gasteiger partial charge in [-0.05, 0) is 38.0 Å². The molecule has 0 aromatic carbocycles. The number of anilines is 3. The standard InChI is InChI=1S/C14H24N6/c1-2-7-20(10-11-5-6-11)14-17-12(15)16-13(18-14)19-8-3-4-9-19/h11H,2-10H2,1H3,(H2,15,16,17,18). The third kappa shape index (κ3) is 3.11. The molecule has 1 aliphatic carbocycles. The maximum atomic E-state index is 5.89. The van der Waals surface area contributed by atoms with Gasteiger partial charge in [0.15, 0.2) is 0 Å². The zero-order valence-corrected chi connectivity index (χ0v) is 12.3. The number of rotatable bonds is 6. The van der Waals surface area contributed by atoms with Crippen LogP contribution in [0.2, 0.25) is 0 Å². The SMILES string of the molecule is CCCN(CC1CC1)c1nc(N)nc(N2CCCC2)n1. The molecule has 1 aliphatic heterocycles. The largest absolute Gasteiger partial charge is 0.368 e. The quantitative estimate of drug-likeness (QED) is 0.852. The van der Waals surface area contributed by atoms with E-state index >= 15 is 0 Å². The van der Waals surface area contributed by atoms with Crippen LogP contribution in [0.4, 0.5) is 17.8 Å². The average Bonchev–Trinajstić information content (AvgIpc) is 3.08. The van der Waals surface area contributed by atoms with Crippen molar-refractivity contribution >= 4 is 17.8 Å². The predicted octanol–water partition coefficient (Wildman–Crippen LogP) is 1.68. The number of hydrogen-bond acceptors (Lipinski definition) is 6. The second-order valence-electron chi connectivity index (χ2n) is 5.88. The highest BCUT2D eigenvalue weighted by Gasteiger charge is 2.26. The summed E-state index contributed by atoms with van der Waals surface area (Å²) in [4.78, 5) is 17.8. The highest BCUT2D eigenvalue weighted by molar-refractivity contribution is 5.44. The maximum Gasteiger partial charge on any atom is 0.231 e. The van der Waals surface area contributed by atoms with Crippen LogP contribution in [0.25, 0.3) is 0 Å². The minimum atomic E-state index is 0.341. The third-order valence-corrected chi connectivity index (χ3v) is 3.97. The van der Waals surface area contributed by atoms with Crippen molar-refractivity contribution in [3.63, 3.8) is 0 Å². The molecule has 2 N–H and O–H groups in total. The van der Waals surface area contributed by atoms with Crippen molar-refractivity contribution < 1.29 is 0 Å². The fourth-order valence-corrected chi connectivity index (χ4v) is 2.72. The van der Waals surface area contributed by atoms with E-state index in [1.807, 2.05) is 0 Å². The summed E-state index contributed by atoms with van der Waals surface area (Å²) in [7, 11) is 0. The Morgan fingerprint density at radius 2 is 1.95 bits per heavy atom. The number of nitrogens with zero attached hydrogens (tertiary/aromatic N) is 5. The van der Waals surface area contributed by atoms with Crippen LogP contribution in [0.15, 0.2) is 0 Å². The second-order valence-corrected chi connectivity index (χ2v) is 5.88. The van der Waals surface area contributed by atoms with Gasteiger partial charge >= 0.3 is 0 Å². The van der Waals surface area contributed by atoms with Crippen molar-refractivity contribution in [1.82, 2.24) is 15.0 Å². The lowest BCUT2D eigenvalue weighted by molar-refractivity contribution is 0.684. The van der Waals surface area contributed by atoms with Crippen molar-refractivity contribution in [2.75, 3.05) is 41.7 Å². The molecule has 110 valence electrons. The van der Waals surface area contributed by atoms with E-state index < -0.39 is 0 Å². The molecule has 6 heteroatoms. The summed E-state index contributed by atoms with van der Waals surface area (Å²) in [5.41, 5.74) is 5.89. The summed E-state index contributed by atoms with van der Waals surface area (Å²) in [5, 5.41) is 0. The zero-order valence-electron chi connectivity index (χ0n) is 12.3. The minimum Gasteiger partial charge on any atom is -0.368 e. The fraction of sp³-hybridized carbons (Fsp3) is 0.786. The molecule has 0 atom stereocenters. The molecule has 1 aromatic heterocycles. The van der Waals surface area contributed by atoms with Gasteiger partial charge in [-0.25, -0.2) is 0 Å². The van der Waals surface area contributed by atoms with Crippen molar-refractivity contribution in [2.24, 2.45) is 5.92 Å². The van der Waals surface area contributed by atoms with E-state index in [0.717, 1.165) is 50.4 Å². The van der Waals surface area contributed by atoms with Gasteiger partial charge in [-0.3, -0.25) is 0 Å². The molecule has 0 spiro atoms. The molecule has 3 rings (SSSR count). The first kappa shape index (κ1) is 13.4. The van der Waals surface area contributed by atoms with Gasteiger partial charge in [-0.1, -0.05) is 6.92 Å². The summed E-state index contributed by atoms with van der Waals surface area (Å²) < 4.78 is 0. The highest BCUT2D eigenvalue weighted by atomic mass is 15.4. The molecule has 2 aliphatic rings. The summed E-state index contributed by atoms with van der Waals surface area (Å²) in [5.74, 6) is 2.67. The van der Waals surface area contributed by atoms with Crippen LogP contribution in [0, 0.1) is 5.92 Å². The van der Waals surface area contributed by atoms with Crippen molar-refractivity contribution in [3.05, 3.63) is 0 Å². The Balaban J connectivity index is 1.81. The van der Waals surface area contributed by atoms with Gasteiger partial charge in [-0.15, -0.1) is 0 Å². The Bertz CT molecular complexity index is 453. The Labute approximate surface area is 120 Å². The van der Waals surface area contributed by atoms with Crippen LogP contribution in [0.5, 0.6) is 0 Å². The first-order chi connectivity index (χ1) is 9.76. The van der Waals surface area contributed by atoms with Crippen LogP contribution < -0.4 is 15.5 Å². The van der Waals surface area contributed by atoms with Crippen molar-refractivity contribution in [1.29, 1.82) is 0 Å². The Morgan fingerprint density at radius 3 is 2.60 bits per heavy atom. The maximum absolute atomic E-state index is 5.89. The lowest BCUT2D eigenvalue weighted by Gasteiger charge is -2.23. The van der Waals surface area contributed by atoms with Gasteiger partial charge in [0.05, 0.1) is 0 Å². The lowest BCUT2D eigenvalue weighted by Crippen LogP contribution is -2.30. The molecule has 1 aromatic rings. The normalized spacial score (nSPS) is 18.6. The van der Waals surface area contributed by atoms with E-state index in [1.54, 1.807) is 0 Å². The first-order valence-electron chi connectivity index (χ1n) is 7.77. The van der Waals surface area contributed by atoms with Crippen LogP contribution in [0.3, 0.4) is 0 Å². The monoisotopic (exact) mass is 276 g/mol. The van der Waals surface area contributed by atoms with E-state index in [-0.39, 0.29) is 0 Å². The van der Waals surface area contributed by atoms with Crippen LogP contribution >= 0.6 is 0 Å². The van der Waals surface area contributed by atoms with Gasteiger partial charge in [0, 0.05) is 26.2 Å². The summed E-state index contributed by atoms with van der Waals surface area (Å²) in [6.45, 7) is 6.28. The number of nitrogens with two attached hydrogens (primary N) is 1. The van der Waals surface area contributed by atoms with E-state index in [2.05, 4.69) is 31.7 Å². The minimum absolute atomic E-state index is 0.341. The fourth-order valence-electron chi connectivity index (χ4n) is 2.72. The van der Waals surface area contributed by atoms with Gasteiger partial charge in [0.25, 0.3) is 0 Å². The Hall–Kier alpha value is -1.59. The van der Waals surface area contributed by atoms with Crippen LogP contribution in [0.1, 0.15) is 39.0 Å². The third-order valence-electron chi connectivity index (χ3n) is 3.97. The van der Waals surface area contributed by atoms with Crippen molar-refractivity contribution in [2.45, 2.75) is 39.0 Å². The molecule has 2 fully saturated rings. The summed E-state index contributed by atoms with van der Waals surface area (Å²) >= 11 is 0. The van der Waals surface area contributed by atoms with E-state index in [1.165, 1.54) is 25.7 Å². The molecule has 0 bridgehead atoms. The second kappa shape index (κ2) is 5.81. The van der Waals surface area contributed by atoms with Gasteiger partial charge in [-0.2, -0.15) is 15.0 Å². The number of nitrogen functional groups attached to an aromatic ring is 1. The average molecular weight is 276 g/mol. The van der Waals surface area contributed by atoms with Gasteiger partial charge in [0.2, 0.25) is 17.8 Å². The summed E-state index contributed by atoms with van der Waals surface area (Å²) in [6.07, 6.45) is 6.18. The van der Waals surface area contributed by atoms with Crippen LogP contribution in [-0.2, 0) is 0 Å².